The van der Waals surface area contributed by atoms with Gasteiger partial charge in [0.1, 0.15) is 0 Å². The lowest BCUT2D eigenvalue weighted by molar-refractivity contribution is 0.484. The third kappa shape index (κ3) is 7.60. The largest absolute Gasteiger partial charge is 0.309 e. The molecule has 4 nitrogen and oxygen atoms in total. The molecule has 0 aliphatic carbocycles. The highest BCUT2D eigenvalue weighted by atomic mass is 32.2. The zero-order chi connectivity index (χ0) is 15.6. The third-order valence-electron chi connectivity index (χ3n) is 3.42. The molecule has 120 valence electrons. The van der Waals surface area contributed by atoms with Crippen molar-refractivity contribution in [1.29, 1.82) is 0 Å². The Labute approximate surface area is 129 Å². The molecule has 0 saturated heterocycles. The first-order chi connectivity index (χ1) is 10.1. The van der Waals surface area contributed by atoms with Gasteiger partial charge in [0.15, 0.2) is 0 Å². The molecule has 1 atom stereocenters. The number of rotatable bonds is 11. The topological polar surface area (TPSA) is 58.2 Å². The molecular weight excluding hydrogens is 284 g/mol. The van der Waals surface area contributed by atoms with Gasteiger partial charge >= 0.3 is 0 Å². The standard InChI is InChI=1S/C16H28N2O2S/c1-3-5-7-12-16(15-10-8-6-9-11-15)17-13-14-21(19,20)18-4-2/h6,8-11,16-18H,3-5,7,12-14H2,1-2H3. The Morgan fingerprint density at radius 1 is 1.10 bits per heavy atom. The molecule has 0 saturated carbocycles. The van der Waals surface area contributed by atoms with E-state index >= 15 is 0 Å². The van der Waals surface area contributed by atoms with Gasteiger partial charge in [0.05, 0.1) is 5.75 Å². The second kappa shape index (κ2) is 9.92. The van der Waals surface area contributed by atoms with E-state index in [-0.39, 0.29) is 11.8 Å². The normalized spacial score (nSPS) is 13.2. The van der Waals surface area contributed by atoms with E-state index in [1.165, 1.54) is 18.4 Å². The minimum absolute atomic E-state index is 0.123. The zero-order valence-corrected chi connectivity index (χ0v) is 14.0. The molecule has 1 unspecified atom stereocenters. The Kier molecular flexibility index (Phi) is 8.57. The molecule has 0 heterocycles. The van der Waals surface area contributed by atoms with E-state index in [9.17, 15) is 8.42 Å². The van der Waals surface area contributed by atoms with Crippen molar-refractivity contribution < 1.29 is 8.42 Å². The van der Waals surface area contributed by atoms with Gasteiger partial charge in [-0.3, -0.25) is 0 Å². The maximum absolute atomic E-state index is 11.7. The van der Waals surface area contributed by atoms with Crippen LogP contribution in [-0.4, -0.2) is 27.3 Å². The lowest BCUT2D eigenvalue weighted by atomic mass is 10.0. The lowest BCUT2D eigenvalue weighted by Gasteiger charge is -2.19. The van der Waals surface area contributed by atoms with Crippen LogP contribution in [-0.2, 0) is 10.0 Å². The van der Waals surface area contributed by atoms with Gasteiger partial charge in [0, 0.05) is 19.1 Å². The summed E-state index contributed by atoms with van der Waals surface area (Å²) in [7, 11) is -3.15. The molecule has 21 heavy (non-hydrogen) atoms. The fourth-order valence-electron chi connectivity index (χ4n) is 2.33. The number of hydrogen-bond donors (Lipinski definition) is 2. The highest BCUT2D eigenvalue weighted by Gasteiger charge is 2.13. The van der Waals surface area contributed by atoms with Crippen LogP contribution >= 0.6 is 0 Å². The first-order valence-corrected chi connectivity index (χ1v) is 9.50. The molecule has 0 amide bonds. The van der Waals surface area contributed by atoms with Crippen LogP contribution in [0.1, 0.15) is 51.1 Å². The maximum Gasteiger partial charge on any atom is 0.212 e. The van der Waals surface area contributed by atoms with E-state index in [0.717, 1.165) is 12.8 Å². The summed E-state index contributed by atoms with van der Waals surface area (Å²) in [6.45, 7) is 4.90. The van der Waals surface area contributed by atoms with Gasteiger partial charge in [0.2, 0.25) is 10.0 Å². The first kappa shape index (κ1) is 18.1. The van der Waals surface area contributed by atoms with E-state index in [2.05, 4.69) is 29.1 Å². The number of benzene rings is 1. The summed E-state index contributed by atoms with van der Waals surface area (Å²) in [6.07, 6.45) is 4.60. The van der Waals surface area contributed by atoms with Crippen LogP contribution < -0.4 is 10.0 Å². The number of hydrogen-bond acceptors (Lipinski definition) is 3. The van der Waals surface area contributed by atoms with Crippen molar-refractivity contribution in [1.82, 2.24) is 10.0 Å². The molecule has 0 aliphatic heterocycles. The van der Waals surface area contributed by atoms with E-state index in [1.54, 1.807) is 6.92 Å². The van der Waals surface area contributed by atoms with Crippen LogP contribution in [0.5, 0.6) is 0 Å². The van der Waals surface area contributed by atoms with Gasteiger partial charge in [0.25, 0.3) is 0 Å². The van der Waals surface area contributed by atoms with Crippen molar-refractivity contribution in [3.63, 3.8) is 0 Å². The summed E-state index contributed by atoms with van der Waals surface area (Å²) in [5.41, 5.74) is 1.23. The van der Waals surface area contributed by atoms with Crippen molar-refractivity contribution in [3.8, 4) is 0 Å². The lowest BCUT2D eigenvalue weighted by Crippen LogP contribution is -2.33. The summed E-state index contributed by atoms with van der Waals surface area (Å²) < 4.78 is 25.8. The van der Waals surface area contributed by atoms with E-state index in [4.69, 9.17) is 0 Å². The SMILES string of the molecule is CCCCCC(NCCS(=O)(=O)NCC)c1ccccc1. The molecular formula is C16H28N2O2S. The Hall–Kier alpha value is -0.910. The second-order valence-corrected chi connectivity index (χ2v) is 7.16. The monoisotopic (exact) mass is 312 g/mol. The summed E-state index contributed by atoms with van der Waals surface area (Å²) >= 11 is 0. The highest BCUT2D eigenvalue weighted by Crippen LogP contribution is 2.19. The molecule has 0 bridgehead atoms. The average Bonchev–Trinajstić information content (AvgIpc) is 2.46. The average molecular weight is 312 g/mol. The summed E-state index contributed by atoms with van der Waals surface area (Å²) in [5, 5.41) is 3.39. The Morgan fingerprint density at radius 3 is 2.43 bits per heavy atom. The Bertz CT molecular complexity index is 474. The van der Waals surface area contributed by atoms with Crippen molar-refractivity contribution in [2.75, 3.05) is 18.8 Å². The van der Waals surface area contributed by atoms with E-state index in [0.29, 0.717) is 13.1 Å². The smallest absolute Gasteiger partial charge is 0.212 e. The molecule has 1 aromatic carbocycles. The minimum Gasteiger partial charge on any atom is -0.309 e. The highest BCUT2D eigenvalue weighted by molar-refractivity contribution is 7.89. The summed E-state index contributed by atoms with van der Waals surface area (Å²) in [4.78, 5) is 0. The van der Waals surface area contributed by atoms with Crippen molar-refractivity contribution in [2.24, 2.45) is 0 Å². The fourth-order valence-corrected chi connectivity index (χ4v) is 3.30. The van der Waals surface area contributed by atoms with Gasteiger partial charge in [-0.05, 0) is 12.0 Å². The van der Waals surface area contributed by atoms with Crippen LogP contribution in [0.4, 0.5) is 0 Å². The quantitative estimate of drug-likeness (QED) is 0.618. The van der Waals surface area contributed by atoms with Crippen LogP contribution in [0, 0.1) is 0 Å². The van der Waals surface area contributed by atoms with Crippen LogP contribution in [0.2, 0.25) is 0 Å². The van der Waals surface area contributed by atoms with Crippen LogP contribution in [0.3, 0.4) is 0 Å². The van der Waals surface area contributed by atoms with E-state index < -0.39 is 10.0 Å². The van der Waals surface area contributed by atoms with Crippen molar-refractivity contribution >= 4 is 10.0 Å². The van der Waals surface area contributed by atoms with Crippen molar-refractivity contribution in [3.05, 3.63) is 35.9 Å². The van der Waals surface area contributed by atoms with E-state index in [1.807, 2.05) is 18.2 Å². The Morgan fingerprint density at radius 2 is 1.81 bits per heavy atom. The minimum atomic E-state index is -3.15. The molecule has 5 heteroatoms. The number of nitrogens with one attached hydrogen (secondary N) is 2. The maximum atomic E-state index is 11.7. The fraction of sp³-hybridized carbons (Fsp3) is 0.625. The molecule has 0 radical (unpaired) electrons. The molecule has 1 rings (SSSR count). The van der Waals surface area contributed by atoms with Crippen molar-refractivity contribution in [2.45, 2.75) is 45.6 Å². The second-order valence-electron chi connectivity index (χ2n) is 5.23. The van der Waals surface area contributed by atoms with Gasteiger partial charge in [-0.25, -0.2) is 13.1 Å². The summed E-state index contributed by atoms with van der Waals surface area (Å²) in [6, 6.07) is 10.5. The number of unbranched alkanes of at least 4 members (excludes halogenated alkanes) is 2. The van der Waals surface area contributed by atoms with Crippen LogP contribution in [0.15, 0.2) is 30.3 Å². The van der Waals surface area contributed by atoms with Gasteiger partial charge in [-0.2, -0.15) is 0 Å². The molecule has 2 N–H and O–H groups in total. The van der Waals surface area contributed by atoms with Gasteiger partial charge < -0.3 is 5.32 Å². The van der Waals surface area contributed by atoms with Gasteiger partial charge in [-0.1, -0.05) is 63.4 Å². The molecule has 0 fully saturated rings. The molecule has 1 aromatic rings. The van der Waals surface area contributed by atoms with Crippen LogP contribution in [0.25, 0.3) is 0 Å². The molecule has 0 aliphatic rings. The predicted octanol–water partition coefficient (Wildman–Crippen LogP) is 2.84. The third-order valence-corrected chi connectivity index (χ3v) is 4.89. The zero-order valence-electron chi connectivity index (χ0n) is 13.1. The Balaban J connectivity index is 2.53. The first-order valence-electron chi connectivity index (χ1n) is 7.84. The number of sulfonamides is 1. The predicted molar refractivity (Wildman–Crippen MR) is 88.8 cm³/mol. The molecule has 0 spiro atoms. The molecule has 0 aromatic heterocycles. The van der Waals surface area contributed by atoms with Gasteiger partial charge in [-0.15, -0.1) is 0 Å². The summed E-state index contributed by atoms with van der Waals surface area (Å²) in [5.74, 6) is 0.123.